The molecular formula is C17H23BN2O2. The molecule has 4 nitrogen and oxygen atoms in total. The van der Waals surface area contributed by atoms with Crippen molar-refractivity contribution in [1.29, 1.82) is 0 Å². The topological polar surface area (TPSA) is 54.4 Å². The molecule has 2 atom stereocenters. The number of methoxy groups -OCH3 is 1. The molecule has 0 amide bonds. The Morgan fingerprint density at radius 1 is 1.50 bits per heavy atom. The Kier molecular flexibility index (Phi) is 3.87. The fourth-order valence-corrected chi connectivity index (χ4v) is 4.21. The first-order valence-electron chi connectivity index (χ1n) is 7.83. The molecule has 2 N–H and O–H groups in total. The lowest BCUT2D eigenvalue weighted by molar-refractivity contribution is 0.309. The van der Waals surface area contributed by atoms with Crippen molar-refractivity contribution in [1.82, 2.24) is 10.2 Å². The number of ether oxygens (including phenoxy) is 1. The highest BCUT2D eigenvalue weighted by Crippen LogP contribution is 2.51. The SMILES string of the molecule is C=C1CC2Cc3nc(OC)ccc3C(NB(C)O)(C1)/C2=C/C. The average Bonchev–Trinajstić information content (AvgIpc) is 2.45. The Bertz CT molecular complexity index is 642. The molecule has 0 saturated heterocycles. The van der Waals surface area contributed by atoms with Gasteiger partial charge >= 0.3 is 7.05 Å². The predicted molar refractivity (Wildman–Crippen MR) is 88.8 cm³/mol. The van der Waals surface area contributed by atoms with Crippen molar-refractivity contribution < 1.29 is 9.76 Å². The van der Waals surface area contributed by atoms with E-state index in [0.717, 1.165) is 30.5 Å². The molecule has 1 aromatic rings. The summed E-state index contributed by atoms with van der Waals surface area (Å²) in [4.78, 5) is 4.66. The van der Waals surface area contributed by atoms with Gasteiger partial charge in [-0.25, -0.2) is 4.98 Å². The molecule has 1 fully saturated rings. The van der Waals surface area contributed by atoms with E-state index in [9.17, 15) is 5.02 Å². The van der Waals surface area contributed by atoms with Gasteiger partial charge in [-0.2, -0.15) is 0 Å². The smallest absolute Gasteiger partial charge is 0.374 e. The third-order valence-electron chi connectivity index (χ3n) is 4.81. The van der Waals surface area contributed by atoms with Crippen molar-refractivity contribution in [2.45, 2.75) is 38.5 Å². The molecular weight excluding hydrogens is 275 g/mol. The van der Waals surface area contributed by atoms with Crippen molar-refractivity contribution in [3.05, 3.63) is 47.2 Å². The Morgan fingerprint density at radius 3 is 2.91 bits per heavy atom. The summed E-state index contributed by atoms with van der Waals surface area (Å²) in [5.74, 6) is 1.04. The second-order valence-corrected chi connectivity index (χ2v) is 6.35. The zero-order valence-electron chi connectivity index (χ0n) is 13.5. The second-order valence-electron chi connectivity index (χ2n) is 6.35. The number of aromatic nitrogens is 1. The number of pyridine rings is 1. The molecule has 3 rings (SSSR count). The van der Waals surface area contributed by atoms with Gasteiger partial charge in [0, 0.05) is 6.07 Å². The number of hydrogen-bond acceptors (Lipinski definition) is 4. The van der Waals surface area contributed by atoms with E-state index in [4.69, 9.17) is 4.74 Å². The minimum atomic E-state index is -0.602. The molecule has 0 radical (unpaired) electrons. The lowest BCUT2D eigenvalue weighted by Gasteiger charge is -2.50. The van der Waals surface area contributed by atoms with Gasteiger partial charge in [0.1, 0.15) is 0 Å². The quantitative estimate of drug-likeness (QED) is 0.665. The molecule has 2 unspecified atom stereocenters. The maximum absolute atomic E-state index is 10.0. The number of fused-ring (bicyclic) bond motifs is 4. The number of nitrogens with zero attached hydrogens (tertiary/aromatic N) is 1. The molecule has 22 heavy (non-hydrogen) atoms. The monoisotopic (exact) mass is 298 g/mol. The molecule has 5 heteroatoms. The second kappa shape index (κ2) is 5.56. The van der Waals surface area contributed by atoms with Crippen LogP contribution in [0.4, 0.5) is 0 Å². The third-order valence-corrected chi connectivity index (χ3v) is 4.81. The summed E-state index contributed by atoms with van der Waals surface area (Å²) in [6.45, 7) is 8.07. The highest BCUT2D eigenvalue weighted by molar-refractivity contribution is 6.45. The number of allylic oxidation sites excluding steroid dienone is 1. The highest BCUT2D eigenvalue weighted by atomic mass is 16.5. The van der Waals surface area contributed by atoms with Gasteiger partial charge in [0.05, 0.1) is 18.3 Å². The van der Waals surface area contributed by atoms with Crippen LogP contribution in [0.5, 0.6) is 5.88 Å². The summed E-state index contributed by atoms with van der Waals surface area (Å²) in [6.07, 6.45) is 4.88. The molecule has 0 spiro atoms. The van der Waals surface area contributed by atoms with Crippen LogP contribution in [0.2, 0.25) is 6.82 Å². The zero-order valence-corrected chi connectivity index (χ0v) is 13.5. The number of rotatable bonds is 3. The molecule has 1 heterocycles. The van der Waals surface area contributed by atoms with Crippen molar-refractivity contribution in [3.63, 3.8) is 0 Å². The highest BCUT2D eigenvalue weighted by Gasteiger charge is 2.48. The Hall–Kier alpha value is -1.59. The van der Waals surface area contributed by atoms with Gasteiger partial charge in [0.25, 0.3) is 0 Å². The molecule has 0 aromatic carbocycles. The minimum absolute atomic E-state index is 0.393. The molecule has 2 aliphatic carbocycles. The summed E-state index contributed by atoms with van der Waals surface area (Å²) < 4.78 is 5.28. The van der Waals surface area contributed by atoms with Crippen LogP contribution in [0.15, 0.2) is 35.9 Å². The van der Waals surface area contributed by atoms with E-state index in [2.05, 4.69) is 35.9 Å². The van der Waals surface area contributed by atoms with E-state index in [1.54, 1.807) is 13.9 Å². The van der Waals surface area contributed by atoms with Crippen molar-refractivity contribution in [2.75, 3.05) is 7.11 Å². The van der Waals surface area contributed by atoms with Gasteiger partial charge in [0.15, 0.2) is 0 Å². The fraction of sp³-hybridized carbons (Fsp3) is 0.471. The Morgan fingerprint density at radius 2 is 2.27 bits per heavy atom. The average molecular weight is 298 g/mol. The van der Waals surface area contributed by atoms with Crippen LogP contribution in [0.25, 0.3) is 0 Å². The summed E-state index contributed by atoms with van der Waals surface area (Å²) in [5.41, 5.74) is 4.39. The van der Waals surface area contributed by atoms with Crippen LogP contribution in [0.1, 0.15) is 31.0 Å². The van der Waals surface area contributed by atoms with E-state index >= 15 is 0 Å². The number of hydrogen-bond donors (Lipinski definition) is 2. The van der Waals surface area contributed by atoms with Crippen LogP contribution in [-0.4, -0.2) is 24.2 Å². The van der Waals surface area contributed by atoms with E-state index < -0.39 is 12.6 Å². The lowest BCUT2D eigenvalue weighted by Crippen LogP contribution is -2.56. The first-order valence-corrected chi connectivity index (χ1v) is 7.83. The van der Waals surface area contributed by atoms with Crippen molar-refractivity contribution >= 4 is 7.05 Å². The van der Waals surface area contributed by atoms with Crippen LogP contribution < -0.4 is 9.96 Å². The summed E-state index contributed by atoms with van der Waals surface area (Å²) in [5, 5.41) is 13.4. The van der Waals surface area contributed by atoms with Gasteiger partial charge in [-0.1, -0.05) is 18.2 Å². The molecule has 2 bridgehead atoms. The number of nitrogens with one attached hydrogen (secondary N) is 1. The predicted octanol–water partition coefficient (Wildman–Crippen LogP) is 2.45. The summed E-state index contributed by atoms with van der Waals surface area (Å²) >= 11 is 0. The molecule has 0 aliphatic heterocycles. The van der Waals surface area contributed by atoms with E-state index in [1.807, 2.05) is 6.07 Å². The molecule has 2 aliphatic rings. The van der Waals surface area contributed by atoms with Gasteiger partial charge < -0.3 is 15.0 Å². The lowest BCUT2D eigenvalue weighted by atomic mass is 9.59. The molecule has 1 aromatic heterocycles. The van der Waals surface area contributed by atoms with Crippen LogP contribution in [0, 0.1) is 5.92 Å². The van der Waals surface area contributed by atoms with Gasteiger partial charge in [0.2, 0.25) is 5.88 Å². The minimum Gasteiger partial charge on any atom is -0.481 e. The van der Waals surface area contributed by atoms with Crippen LogP contribution >= 0.6 is 0 Å². The summed E-state index contributed by atoms with van der Waals surface area (Å²) in [6, 6.07) is 3.98. The van der Waals surface area contributed by atoms with Crippen molar-refractivity contribution in [2.24, 2.45) is 5.92 Å². The van der Waals surface area contributed by atoms with E-state index in [1.165, 1.54) is 11.1 Å². The standard InChI is InChI=1S/C17H23BN2O2/c1-5-13-12-8-11(2)10-17(13,20-18(3)21)14-6-7-16(22-4)19-15(14)9-12/h5-7,12,20-21H,2,8-10H2,1,3-4H3/b13-5+. The maximum atomic E-state index is 10.0. The van der Waals surface area contributed by atoms with E-state index in [0.29, 0.717) is 11.8 Å². The largest absolute Gasteiger partial charge is 0.481 e. The molecule has 116 valence electrons. The zero-order chi connectivity index (χ0) is 15.9. The van der Waals surface area contributed by atoms with Crippen molar-refractivity contribution in [3.8, 4) is 5.88 Å². The summed E-state index contributed by atoms with van der Waals surface area (Å²) in [7, 11) is 1.04. The normalized spacial score (nSPS) is 28.5. The fourth-order valence-electron chi connectivity index (χ4n) is 4.21. The van der Waals surface area contributed by atoms with Gasteiger partial charge in [-0.05, 0) is 56.1 Å². The first-order chi connectivity index (χ1) is 10.5. The Balaban J connectivity index is 2.21. The van der Waals surface area contributed by atoms with Gasteiger partial charge in [-0.3, -0.25) is 0 Å². The first kappa shape index (κ1) is 15.3. The van der Waals surface area contributed by atoms with Crippen LogP contribution in [-0.2, 0) is 12.0 Å². The van der Waals surface area contributed by atoms with Gasteiger partial charge in [-0.15, -0.1) is 0 Å². The van der Waals surface area contributed by atoms with E-state index in [-0.39, 0.29) is 0 Å². The van der Waals surface area contributed by atoms with Crippen LogP contribution in [0.3, 0.4) is 0 Å². The Labute approximate surface area is 132 Å². The maximum Gasteiger partial charge on any atom is 0.374 e. The third kappa shape index (κ3) is 2.29. The molecule has 1 saturated carbocycles.